The maximum Gasteiger partial charge on any atom is 0.233 e. The van der Waals surface area contributed by atoms with E-state index in [1.165, 1.54) is 0 Å². The molecular formula is C18H20N2O2S. The van der Waals surface area contributed by atoms with Crippen LogP contribution >= 0.6 is 11.8 Å². The number of benzene rings is 1. The summed E-state index contributed by atoms with van der Waals surface area (Å²) < 4.78 is 5.58. The van der Waals surface area contributed by atoms with E-state index in [1.54, 1.807) is 18.0 Å². The third-order valence-electron chi connectivity index (χ3n) is 3.79. The minimum absolute atomic E-state index is 0.0691. The normalized spacial score (nSPS) is 17.5. The van der Waals surface area contributed by atoms with Crippen LogP contribution in [-0.2, 0) is 11.2 Å². The molecule has 23 heavy (non-hydrogen) atoms. The van der Waals surface area contributed by atoms with Crippen molar-refractivity contribution in [2.75, 3.05) is 18.9 Å². The highest BCUT2D eigenvalue weighted by Gasteiger charge is 2.32. The van der Waals surface area contributed by atoms with Crippen LogP contribution in [0.2, 0.25) is 0 Å². The van der Waals surface area contributed by atoms with Crippen LogP contribution in [0.3, 0.4) is 0 Å². The standard InChI is InChI=1S/C18H20N2O2S/c1-2-22-16-7-3-6-15(11-16)18-20(17(21)13-23-18)10-8-14-5-4-9-19-12-14/h3-7,9,11-12,18H,2,8,10,13H2,1H3. The molecule has 5 heteroatoms. The van der Waals surface area contributed by atoms with E-state index in [2.05, 4.69) is 11.1 Å². The summed E-state index contributed by atoms with van der Waals surface area (Å²) in [4.78, 5) is 18.3. The Morgan fingerprint density at radius 3 is 3.04 bits per heavy atom. The topological polar surface area (TPSA) is 42.4 Å². The van der Waals surface area contributed by atoms with Gasteiger partial charge in [-0.1, -0.05) is 18.2 Å². The highest BCUT2D eigenvalue weighted by molar-refractivity contribution is 8.00. The lowest BCUT2D eigenvalue weighted by atomic mass is 10.1. The number of pyridine rings is 1. The van der Waals surface area contributed by atoms with Gasteiger partial charge in [0.05, 0.1) is 12.4 Å². The van der Waals surface area contributed by atoms with Crippen molar-refractivity contribution in [1.82, 2.24) is 9.88 Å². The van der Waals surface area contributed by atoms with Gasteiger partial charge in [0.1, 0.15) is 11.1 Å². The molecule has 1 aromatic heterocycles. The maximum absolute atomic E-state index is 12.2. The number of nitrogens with zero attached hydrogens (tertiary/aromatic N) is 2. The number of ether oxygens (including phenoxy) is 1. The number of amides is 1. The molecule has 1 aromatic carbocycles. The van der Waals surface area contributed by atoms with E-state index < -0.39 is 0 Å². The van der Waals surface area contributed by atoms with Crippen LogP contribution in [0.4, 0.5) is 0 Å². The molecule has 1 fully saturated rings. The van der Waals surface area contributed by atoms with Gasteiger partial charge in [-0.25, -0.2) is 0 Å². The molecular weight excluding hydrogens is 308 g/mol. The number of hydrogen-bond donors (Lipinski definition) is 0. The number of carbonyl (C=O) groups excluding carboxylic acids is 1. The average molecular weight is 328 g/mol. The Balaban J connectivity index is 1.73. The Bertz CT molecular complexity index is 663. The van der Waals surface area contributed by atoms with Gasteiger partial charge in [0.25, 0.3) is 0 Å². The Labute approximate surface area is 140 Å². The summed E-state index contributed by atoms with van der Waals surface area (Å²) in [5, 5.41) is 0.0691. The van der Waals surface area contributed by atoms with E-state index in [-0.39, 0.29) is 11.3 Å². The van der Waals surface area contributed by atoms with E-state index in [9.17, 15) is 4.79 Å². The van der Waals surface area contributed by atoms with Gasteiger partial charge in [0, 0.05) is 18.9 Å². The third-order valence-corrected chi connectivity index (χ3v) is 5.04. The highest BCUT2D eigenvalue weighted by atomic mass is 32.2. The first-order chi connectivity index (χ1) is 11.3. The lowest BCUT2D eigenvalue weighted by Crippen LogP contribution is -2.30. The molecule has 3 rings (SSSR count). The second-order valence-electron chi connectivity index (χ2n) is 5.37. The van der Waals surface area contributed by atoms with Crippen LogP contribution in [0.5, 0.6) is 5.75 Å². The summed E-state index contributed by atoms with van der Waals surface area (Å²) in [7, 11) is 0. The largest absolute Gasteiger partial charge is 0.494 e. The molecule has 0 N–H and O–H groups in total. The fraction of sp³-hybridized carbons (Fsp3) is 0.333. The minimum atomic E-state index is 0.0691. The van der Waals surface area contributed by atoms with Crippen molar-refractivity contribution < 1.29 is 9.53 Å². The molecule has 120 valence electrons. The molecule has 0 bridgehead atoms. The van der Waals surface area contributed by atoms with Crippen molar-refractivity contribution in [1.29, 1.82) is 0 Å². The van der Waals surface area contributed by atoms with Crippen molar-refractivity contribution in [3.05, 3.63) is 59.9 Å². The molecule has 1 aliphatic rings. The number of rotatable bonds is 6. The number of thioether (sulfide) groups is 1. The summed E-state index contributed by atoms with van der Waals surface area (Å²) in [5.74, 6) is 1.60. The lowest BCUT2D eigenvalue weighted by Gasteiger charge is -2.24. The van der Waals surface area contributed by atoms with Crippen molar-refractivity contribution in [2.24, 2.45) is 0 Å². The van der Waals surface area contributed by atoms with Gasteiger partial charge in [-0.05, 0) is 42.7 Å². The van der Waals surface area contributed by atoms with Crippen LogP contribution in [0.1, 0.15) is 23.4 Å². The Morgan fingerprint density at radius 2 is 2.26 bits per heavy atom. The molecule has 0 aliphatic carbocycles. The van der Waals surface area contributed by atoms with Crippen molar-refractivity contribution in [3.63, 3.8) is 0 Å². The predicted molar refractivity (Wildman–Crippen MR) is 92.5 cm³/mol. The zero-order valence-electron chi connectivity index (χ0n) is 13.1. The lowest BCUT2D eigenvalue weighted by molar-refractivity contribution is -0.128. The highest BCUT2D eigenvalue weighted by Crippen LogP contribution is 2.39. The van der Waals surface area contributed by atoms with Crippen LogP contribution in [-0.4, -0.2) is 34.7 Å². The van der Waals surface area contributed by atoms with E-state index in [4.69, 9.17) is 4.74 Å². The Morgan fingerprint density at radius 1 is 1.35 bits per heavy atom. The zero-order valence-corrected chi connectivity index (χ0v) is 14.0. The quantitative estimate of drug-likeness (QED) is 0.816. The van der Waals surface area contributed by atoms with Crippen LogP contribution in [0.25, 0.3) is 0 Å². The van der Waals surface area contributed by atoms with Gasteiger partial charge in [0.2, 0.25) is 5.91 Å². The number of aromatic nitrogens is 1. The zero-order chi connectivity index (χ0) is 16.1. The van der Waals surface area contributed by atoms with Crippen LogP contribution in [0, 0.1) is 0 Å². The van der Waals surface area contributed by atoms with Gasteiger partial charge in [0.15, 0.2) is 0 Å². The van der Waals surface area contributed by atoms with E-state index in [0.717, 1.165) is 23.3 Å². The molecule has 2 heterocycles. The Hall–Kier alpha value is -2.01. The van der Waals surface area contributed by atoms with Gasteiger partial charge in [-0.3, -0.25) is 9.78 Å². The van der Waals surface area contributed by atoms with Crippen molar-refractivity contribution in [3.8, 4) is 5.75 Å². The molecule has 1 amide bonds. The van der Waals surface area contributed by atoms with Crippen LogP contribution in [0.15, 0.2) is 48.8 Å². The molecule has 1 saturated heterocycles. The molecule has 0 saturated carbocycles. The minimum Gasteiger partial charge on any atom is -0.494 e. The summed E-state index contributed by atoms with van der Waals surface area (Å²) in [6.07, 6.45) is 4.45. The van der Waals surface area contributed by atoms with Crippen molar-refractivity contribution in [2.45, 2.75) is 18.7 Å². The van der Waals surface area contributed by atoms with Crippen LogP contribution < -0.4 is 4.74 Å². The van der Waals surface area contributed by atoms with E-state index >= 15 is 0 Å². The fourth-order valence-corrected chi connectivity index (χ4v) is 3.90. The van der Waals surface area contributed by atoms with Gasteiger partial charge < -0.3 is 9.64 Å². The van der Waals surface area contributed by atoms with Gasteiger partial charge in [-0.2, -0.15) is 0 Å². The molecule has 0 radical (unpaired) electrons. The first-order valence-electron chi connectivity index (χ1n) is 7.80. The first kappa shape index (κ1) is 15.9. The molecule has 1 atom stereocenters. The second-order valence-corrected chi connectivity index (χ2v) is 6.44. The molecule has 2 aromatic rings. The third kappa shape index (κ3) is 3.85. The molecule has 1 unspecified atom stereocenters. The Kier molecular flexibility index (Phi) is 5.18. The maximum atomic E-state index is 12.2. The van der Waals surface area contributed by atoms with Gasteiger partial charge >= 0.3 is 0 Å². The smallest absolute Gasteiger partial charge is 0.233 e. The summed E-state index contributed by atoms with van der Waals surface area (Å²) in [5.41, 5.74) is 2.28. The second kappa shape index (κ2) is 7.51. The van der Waals surface area contributed by atoms with E-state index in [1.807, 2.05) is 48.4 Å². The number of carbonyl (C=O) groups is 1. The fourth-order valence-electron chi connectivity index (χ4n) is 2.69. The summed E-state index contributed by atoms with van der Waals surface area (Å²) in [6, 6.07) is 12.0. The molecule has 0 spiro atoms. The molecule has 1 aliphatic heterocycles. The summed E-state index contributed by atoms with van der Waals surface area (Å²) in [6.45, 7) is 3.33. The average Bonchev–Trinajstić information content (AvgIpc) is 2.95. The first-order valence-corrected chi connectivity index (χ1v) is 8.85. The predicted octanol–water partition coefficient (Wildman–Crippen LogP) is 3.30. The SMILES string of the molecule is CCOc1cccc(C2SCC(=O)N2CCc2cccnc2)c1. The van der Waals surface area contributed by atoms with Crippen molar-refractivity contribution >= 4 is 17.7 Å². The van der Waals surface area contributed by atoms with E-state index in [0.29, 0.717) is 18.9 Å². The number of hydrogen-bond acceptors (Lipinski definition) is 4. The monoisotopic (exact) mass is 328 g/mol. The summed E-state index contributed by atoms with van der Waals surface area (Å²) >= 11 is 1.68. The molecule has 4 nitrogen and oxygen atoms in total. The van der Waals surface area contributed by atoms with Gasteiger partial charge in [-0.15, -0.1) is 11.8 Å².